The maximum Gasteiger partial charge on any atom is 0.322 e. The van der Waals surface area contributed by atoms with Gasteiger partial charge in [-0.05, 0) is 30.7 Å². The lowest BCUT2D eigenvalue weighted by Gasteiger charge is -2.08. The Morgan fingerprint density at radius 2 is 2.15 bits per heavy atom. The standard InChI is InChI=1S/C13H16N2O4S/c1-10-8-12(6-5-11(10)4-3-7-14)15-20(17,18)9-13(16)19-2/h5-6,8,15H,7,9,14H2,1-2H3. The molecule has 0 aliphatic rings. The van der Waals surface area contributed by atoms with E-state index in [9.17, 15) is 13.2 Å². The highest BCUT2D eigenvalue weighted by molar-refractivity contribution is 7.93. The SMILES string of the molecule is COC(=O)CS(=O)(=O)Nc1ccc(C#CCN)c(C)c1. The summed E-state index contributed by atoms with van der Waals surface area (Å²) in [6, 6.07) is 4.89. The highest BCUT2D eigenvalue weighted by Gasteiger charge is 2.17. The molecular formula is C13H16N2O4S. The molecule has 0 spiro atoms. The predicted molar refractivity (Wildman–Crippen MR) is 76.5 cm³/mol. The van der Waals surface area contributed by atoms with Crippen LogP contribution in [-0.2, 0) is 19.6 Å². The molecule has 6 nitrogen and oxygen atoms in total. The van der Waals surface area contributed by atoms with Gasteiger partial charge in [-0.15, -0.1) is 0 Å². The Hall–Kier alpha value is -2.04. The van der Waals surface area contributed by atoms with E-state index in [0.717, 1.165) is 18.2 Å². The lowest BCUT2D eigenvalue weighted by atomic mass is 10.1. The molecule has 1 aromatic rings. The molecule has 0 heterocycles. The lowest BCUT2D eigenvalue weighted by molar-refractivity contribution is -0.137. The molecule has 0 radical (unpaired) electrons. The second-order valence-electron chi connectivity index (χ2n) is 3.97. The highest BCUT2D eigenvalue weighted by Crippen LogP contribution is 2.15. The number of carbonyl (C=O) groups excluding carboxylic acids is 1. The summed E-state index contributed by atoms with van der Waals surface area (Å²) in [4.78, 5) is 11.0. The minimum Gasteiger partial charge on any atom is -0.468 e. The van der Waals surface area contributed by atoms with Crippen LogP contribution in [0.5, 0.6) is 0 Å². The molecule has 0 saturated carbocycles. The van der Waals surface area contributed by atoms with Gasteiger partial charge in [-0.3, -0.25) is 9.52 Å². The van der Waals surface area contributed by atoms with Crippen LogP contribution in [0.1, 0.15) is 11.1 Å². The van der Waals surface area contributed by atoms with Crippen LogP contribution in [-0.4, -0.2) is 33.8 Å². The van der Waals surface area contributed by atoms with E-state index in [1.807, 2.05) is 0 Å². The number of hydrogen-bond acceptors (Lipinski definition) is 5. The average Bonchev–Trinajstić information content (AvgIpc) is 2.36. The van der Waals surface area contributed by atoms with Crippen LogP contribution < -0.4 is 10.5 Å². The molecule has 108 valence electrons. The van der Waals surface area contributed by atoms with Crippen molar-refractivity contribution < 1.29 is 17.9 Å². The maximum atomic E-state index is 11.7. The first kappa shape index (κ1) is 16.0. The van der Waals surface area contributed by atoms with Crippen molar-refractivity contribution >= 4 is 21.7 Å². The number of rotatable bonds is 4. The van der Waals surface area contributed by atoms with Crippen molar-refractivity contribution in [2.45, 2.75) is 6.92 Å². The topological polar surface area (TPSA) is 98.5 Å². The fraction of sp³-hybridized carbons (Fsp3) is 0.308. The van der Waals surface area contributed by atoms with E-state index in [0.29, 0.717) is 5.69 Å². The Morgan fingerprint density at radius 1 is 1.45 bits per heavy atom. The summed E-state index contributed by atoms with van der Waals surface area (Å²) in [6.07, 6.45) is 0. The van der Waals surface area contributed by atoms with E-state index >= 15 is 0 Å². The molecule has 1 rings (SSSR count). The van der Waals surface area contributed by atoms with Crippen molar-refractivity contribution in [2.24, 2.45) is 5.73 Å². The zero-order valence-electron chi connectivity index (χ0n) is 11.3. The first-order chi connectivity index (χ1) is 9.38. The number of nitrogens with two attached hydrogens (primary N) is 1. The van der Waals surface area contributed by atoms with Gasteiger partial charge in [-0.1, -0.05) is 11.8 Å². The van der Waals surface area contributed by atoms with Gasteiger partial charge in [-0.2, -0.15) is 0 Å². The number of anilines is 1. The molecule has 7 heteroatoms. The minimum atomic E-state index is -3.77. The van der Waals surface area contributed by atoms with Crippen LogP contribution >= 0.6 is 0 Å². The van der Waals surface area contributed by atoms with Gasteiger partial charge in [0.2, 0.25) is 10.0 Å². The Kier molecular flexibility index (Phi) is 5.55. The van der Waals surface area contributed by atoms with E-state index in [1.54, 1.807) is 25.1 Å². The largest absolute Gasteiger partial charge is 0.468 e. The van der Waals surface area contributed by atoms with E-state index in [1.165, 1.54) is 0 Å². The highest BCUT2D eigenvalue weighted by atomic mass is 32.2. The molecule has 20 heavy (non-hydrogen) atoms. The molecule has 3 N–H and O–H groups in total. The van der Waals surface area contributed by atoms with E-state index in [2.05, 4.69) is 21.3 Å². The van der Waals surface area contributed by atoms with Gasteiger partial charge in [0, 0.05) is 11.3 Å². The fourth-order valence-corrected chi connectivity index (χ4v) is 2.43. The summed E-state index contributed by atoms with van der Waals surface area (Å²) in [5.41, 5.74) is 7.23. The molecule has 0 bridgehead atoms. The van der Waals surface area contributed by atoms with Crippen molar-refractivity contribution in [3.8, 4) is 11.8 Å². The smallest absolute Gasteiger partial charge is 0.322 e. The number of ether oxygens (including phenoxy) is 1. The van der Waals surface area contributed by atoms with Crippen LogP contribution in [0, 0.1) is 18.8 Å². The molecule has 0 aliphatic carbocycles. The minimum absolute atomic E-state index is 0.257. The van der Waals surface area contributed by atoms with Gasteiger partial charge < -0.3 is 10.5 Å². The summed E-state index contributed by atoms with van der Waals surface area (Å²) >= 11 is 0. The fourth-order valence-electron chi connectivity index (χ4n) is 1.44. The quantitative estimate of drug-likeness (QED) is 0.612. The van der Waals surface area contributed by atoms with Gasteiger partial charge >= 0.3 is 5.97 Å². The van der Waals surface area contributed by atoms with Crippen molar-refractivity contribution in [1.82, 2.24) is 0 Å². The Labute approximate surface area is 118 Å². The number of carbonyl (C=O) groups is 1. The molecule has 0 unspecified atom stereocenters. The van der Waals surface area contributed by atoms with Crippen LogP contribution in [0.3, 0.4) is 0 Å². The summed E-state index contributed by atoms with van der Waals surface area (Å²) in [6.45, 7) is 2.06. The van der Waals surface area contributed by atoms with Crippen molar-refractivity contribution in [1.29, 1.82) is 0 Å². The van der Waals surface area contributed by atoms with Crippen LogP contribution in [0.4, 0.5) is 5.69 Å². The Balaban J connectivity index is 2.89. The zero-order chi connectivity index (χ0) is 15.2. The number of nitrogens with one attached hydrogen (secondary N) is 1. The zero-order valence-corrected chi connectivity index (χ0v) is 12.1. The number of sulfonamides is 1. The van der Waals surface area contributed by atoms with Crippen molar-refractivity contribution in [3.05, 3.63) is 29.3 Å². The third-order valence-electron chi connectivity index (χ3n) is 2.36. The monoisotopic (exact) mass is 296 g/mol. The number of esters is 1. The molecule has 0 aliphatic heterocycles. The van der Waals surface area contributed by atoms with Gasteiger partial charge in [0.05, 0.1) is 13.7 Å². The van der Waals surface area contributed by atoms with Crippen LogP contribution in [0.15, 0.2) is 18.2 Å². The second-order valence-corrected chi connectivity index (χ2v) is 5.70. The predicted octanol–water partition coefficient (Wildman–Crippen LogP) is 0.220. The summed E-state index contributed by atoms with van der Waals surface area (Å²) < 4.78 is 30.0. The lowest BCUT2D eigenvalue weighted by Crippen LogP contribution is -2.23. The van der Waals surface area contributed by atoms with Crippen molar-refractivity contribution in [3.63, 3.8) is 0 Å². The summed E-state index contributed by atoms with van der Waals surface area (Å²) in [7, 11) is -2.64. The van der Waals surface area contributed by atoms with Gasteiger partial charge in [0.1, 0.15) is 0 Å². The van der Waals surface area contributed by atoms with Crippen LogP contribution in [0.25, 0.3) is 0 Å². The number of aryl methyl sites for hydroxylation is 1. The molecule has 0 saturated heterocycles. The first-order valence-electron chi connectivity index (χ1n) is 5.75. The summed E-state index contributed by atoms with van der Waals surface area (Å²) in [5.74, 6) is 4.06. The normalized spacial score (nSPS) is 10.3. The Bertz CT molecular complexity index is 657. The van der Waals surface area contributed by atoms with Crippen molar-refractivity contribution in [2.75, 3.05) is 24.1 Å². The molecule has 0 atom stereocenters. The summed E-state index contributed by atoms with van der Waals surface area (Å²) in [5, 5.41) is 0. The Morgan fingerprint density at radius 3 is 2.70 bits per heavy atom. The van der Waals surface area contributed by atoms with E-state index < -0.39 is 21.7 Å². The number of benzene rings is 1. The maximum absolute atomic E-state index is 11.7. The molecule has 0 aromatic heterocycles. The van der Waals surface area contributed by atoms with Gasteiger partial charge in [0.15, 0.2) is 5.75 Å². The van der Waals surface area contributed by atoms with E-state index in [4.69, 9.17) is 5.73 Å². The number of methoxy groups -OCH3 is 1. The number of hydrogen-bond donors (Lipinski definition) is 2. The average molecular weight is 296 g/mol. The molecule has 1 aromatic carbocycles. The van der Waals surface area contributed by atoms with E-state index in [-0.39, 0.29) is 6.54 Å². The van der Waals surface area contributed by atoms with Gasteiger partial charge in [-0.25, -0.2) is 8.42 Å². The third-order valence-corrected chi connectivity index (χ3v) is 3.52. The third kappa shape index (κ3) is 4.91. The van der Waals surface area contributed by atoms with Gasteiger partial charge in [0.25, 0.3) is 0 Å². The molecule has 0 amide bonds. The van der Waals surface area contributed by atoms with Crippen LogP contribution in [0.2, 0.25) is 0 Å². The molecule has 0 fully saturated rings. The second kappa shape index (κ2) is 6.93. The first-order valence-corrected chi connectivity index (χ1v) is 7.40. The molecular weight excluding hydrogens is 280 g/mol.